The van der Waals surface area contributed by atoms with Crippen LogP contribution in [0.25, 0.3) is 10.2 Å². The van der Waals surface area contributed by atoms with Crippen LogP contribution in [0.5, 0.6) is 5.75 Å². The van der Waals surface area contributed by atoms with Crippen molar-refractivity contribution in [1.82, 2.24) is 30.2 Å². The summed E-state index contributed by atoms with van der Waals surface area (Å²) >= 11 is 1.20. The second-order valence-corrected chi connectivity index (χ2v) is 11.8. The highest BCUT2D eigenvalue weighted by molar-refractivity contribution is 7.16. The topological polar surface area (TPSA) is 119 Å². The van der Waals surface area contributed by atoms with Gasteiger partial charge in [-0.15, -0.1) is 17.9 Å². The highest BCUT2D eigenvalue weighted by Crippen LogP contribution is 2.36. The van der Waals surface area contributed by atoms with Gasteiger partial charge < -0.3 is 15.3 Å². The number of Topliss-reactive ketones (excluding diaryl/α,β-unsaturated/α-hetero) is 1. The average Bonchev–Trinajstić information content (AvgIpc) is 3.52. The summed E-state index contributed by atoms with van der Waals surface area (Å²) in [6.45, 7) is 4.12. The number of nitrogens with one attached hydrogen (secondary N) is 1. The number of urea groups is 1. The van der Waals surface area contributed by atoms with E-state index in [-0.39, 0.29) is 62.2 Å². The Bertz CT molecular complexity index is 1700. The number of hydrogen-bond acceptors (Lipinski definition) is 8. The standard InChI is InChI=1S/C32H31FN6O4S/c1-2-13-37-18-28(41)38-26(14-20-6-9-24(40)10-7-20)30(42)22(15-21-8-11-25(33)31-29(21)36-19-44-31)16-27(38)39(37)32(43)35-17-23-5-3-4-12-34-23/h2-12,19,22,26-27,40H,1,13-18H2,(H,35,43)/t22?,26-,27-/m0/s1. The molecule has 2 aromatic heterocycles. The van der Waals surface area contributed by atoms with E-state index in [1.807, 2.05) is 6.07 Å². The second-order valence-electron chi connectivity index (χ2n) is 10.9. The van der Waals surface area contributed by atoms with Crippen LogP contribution in [0.4, 0.5) is 9.18 Å². The molecule has 2 saturated heterocycles. The van der Waals surface area contributed by atoms with Gasteiger partial charge in [-0.3, -0.25) is 14.6 Å². The molecule has 0 spiro atoms. The Balaban J connectivity index is 1.37. The van der Waals surface area contributed by atoms with E-state index in [2.05, 4.69) is 21.9 Å². The van der Waals surface area contributed by atoms with Crippen molar-refractivity contribution in [2.24, 2.45) is 5.92 Å². The third-order valence-electron chi connectivity index (χ3n) is 8.12. The summed E-state index contributed by atoms with van der Waals surface area (Å²) in [5, 5.41) is 15.9. The Hall–Kier alpha value is -4.68. The van der Waals surface area contributed by atoms with Gasteiger partial charge in [-0.25, -0.2) is 24.2 Å². The molecule has 12 heteroatoms. The molecule has 0 radical (unpaired) electrons. The zero-order valence-corrected chi connectivity index (χ0v) is 24.6. The number of halogens is 1. The van der Waals surface area contributed by atoms with E-state index in [4.69, 9.17) is 0 Å². The zero-order valence-electron chi connectivity index (χ0n) is 23.8. The summed E-state index contributed by atoms with van der Waals surface area (Å²) in [6.07, 6.45) is 3.17. The summed E-state index contributed by atoms with van der Waals surface area (Å²) in [4.78, 5) is 52.0. The number of aromatic nitrogens is 2. The maximum absolute atomic E-state index is 14.5. The van der Waals surface area contributed by atoms with Crippen molar-refractivity contribution in [3.63, 3.8) is 0 Å². The minimum atomic E-state index is -0.862. The van der Waals surface area contributed by atoms with Gasteiger partial charge in [0.2, 0.25) is 5.91 Å². The van der Waals surface area contributed by atoms with E-state index >= 15 is 0 Å². The van der Waals surface area contributed by atoms with Crippen LogP contribution in [0.15, 0.2) is 79.0 Å². The summed E-state index contributed by atoms with van der Waals surface area (Å²) in [7, 11) is 0. The number of rotatable bonds is 8. The van der Waals surface area contributed by atoms with Crippen LogP contribution in [-0.4, -0.2) is 73.0 Å². The molecule has 0 bridgehead atoms. The number of carbonyl (C=O) groups is 3. The van der Waals surface area contributed by atoms with Crippen molar-refractivity contribution in [2.45, 2.75) is 38.0 Å². The number of nitrogens with zero attached hydrogens (tertiary/aromatic N) is 5. The van der Waals surface area contributed by atoms with Gasteiger partial charge in [0.1, 0.15) is 17.7 Å². The van der Waals surface area contributed by atoms with Gasteiger partial charge in [0.25, 0.3) is 0 Å². The molecular formula is C32H31FN6O4S. The molecule has 2 aromatic carbocycles. The molecule has 4 heterocycles. The molecule has 4 aromatic rings. The minimum Gasteiger partial charge on any atom is -0.508 e. The van der Waals surface area contributed by atoms with E-state index in [9.17, 15) is 23.9 Å². The van der Waals surface area contributed by atoms with Crippen molar-refractivity contribution in [1.29, 1.82) is 0 Å². The minimum absolute atomic E-state index is 0.0907. The van der Waals surface area contributed by atoms with Crippen LogP contribution in [-0.2, 0) is 29.0 Å². The zero-order chi connectivity index (χ0) is 30.8. The van der Waals surface area contributed by atoms with Gasteiger partial charge in [-0.2, -0.15) is 0 Å². The number of pyridine rings is 1. The lowest BCUT2D eigenvalue weighted by molar-refractivity contribution is -0.183. The number of piperidine rings is 1. The highest BCUT2D eigenvalue weighted by Gasteiger charge is 2.51. The molecule has 6 rings (SSSR count). The molecule has 0 aliphatic carbocycles. The van der Waals surface area contributed by atoms with Gasteiger partial charge in [0.15, 0.2) is 5.78 Å². The van der Waals surface area contributed by atoms with Crippen molar-refractivity contribution < 1.29 is 23.9 Å². The second kappa shape index (κ2) is 12.5. The van der Waals surface area contributed by atoms with Gasteiger partial charge in [-0.1, -0.05) is 30.3 Å². The van der Waals surface area contributed by atoms with E-state index in [0.717, 1.165) is 11.1 Å². The number of fused-ring (bicyclic) bond motifs is 2. The van der Waals surface area contributed by atoms with Gasteiger partial charge in [-0.05, 0) is 54.3 Å². The van der Waals surface area contributed by atoms with Crippen LogP contribution < -0.4 is 5.32 Å². The number of phenols is 1. The van der Waals surface area contributed by atoms with E-state index < -0.39 is 24.2 Å². The quantitative estimate of drug-likeness (QED) is 0.288. The Kier molecular flexibility index (Phi) is 8.36. The number of phenolic OH excluding ortho intramolecular Hbond substituents is 1. The van der Waals surface area contributed by atoms with Crippen molar-refractivity contribution in [3.05, 3.63) is 102 Å². The molecule has 3 atom stereocenters. The first-order valence-electron chi connectivity index (χ1n) is 14.3. The molecule has 44 heavy (non-hydrogen) atoms. The van der Waals surface area contributed by atoms with Gasteiger partial charge in [0.05, 0.1) is 40.6 Å². The molecule has 2 aliphatic rings. The number of aromatic hydroxyl groups is 1. The molecule has 0 saturated carbocycles. The Morgan fingerprint density at radius 3 is 2.68 bits per heavy atom. The maximum Gasteiger partial charge on any atom is 0.334 e. The Morgan fingerprint density at radius 1 is 1.11 bits per heavy atom. The number of benzene rings is 2. The normalized spacial score (nSPS) is 20.5. The van der Waals surface area contributed by atoms with Crippen molar-refractivity contribution in [2.75, 3.05) is 13.1 Å². The molecule has 3 amide bonds. The van der Waals surface area contributed by atoms with Crippen molar-refractivity contribution >= 4 is 39.3 Å². The first kappa shape index (κ1) is 29.4. The number of thiazole rings is 1. The smallest absolute Gasteiger partial charge is 0.334 e. The number of hydrogen-bond donors (Lipinski definition) is 2. The van der Waals surface area contributed by atoms with Gasteiger partial charge >= 0.3 is 6.03 Å². The number of hydrazine groups is 1. The third kappa shape index (κ3) is 5.78. The Morgan fingerprint density at radius 2 is 1.93 bits per heavy atom. The lowest BCUT2D eigenvalue weighted by Gasteiger charge is -2.54. The molecular weight excluding hydrogens is 583 g/mol. The van der Waals surface area contributed by atoms with E-state index in [1.54, 1.807) is 53.1 Å². The van der Waals surface area contributed by atoms with Crippen LogP contribution in [0, 0.1) is 11.7 Å². The highest BCUT2D eigenvalue weighted by atomic mass is 32.1. The molecule has 2 N–H and O–H groups in total. The molecule has 2 fully saturated rings. The monoisotopic (exact) mass is 614 g/mol. The SMILES string of the molecule is C=CCN1CC(=O)N2[C@@H](Cc3ccc(O)cc3)C(=O)C(Cc3ccc(F)c4scnc34)C[C@@H]2N1C(=O)NCc1ccccn1. The molecule has 2 aliphatic heterocycles. The molecule has 226 valence electrons. The number of carbonyl (C=O) groups excluding carboxylic acids is 3. The number of ketones is 1. The summed E-state index contributed by atoms with van der Waals surface area (Å²) < 4.78 is 14.9. The predicted molar refractivity (Wildman–Crippen MR) is 163 cm³/mol. The summed E-state index contributed by atoms with van der Waals surface area (Å²) in [5.41, 5.74) is 4.26. The van der Waals surface area contributed by atoms with Crippen LogP contribution in [0.2, 0.25) is 0 Å². The van der Waals surface area contributed by atoms with E-state index in [0.29, 0.717) is 15.9 Å². The number of amides is 3. The predicted octanol–water partition coefficient (Wildman–Crippen LogP) is 4.06. The van der Waals surface area contributed by atoms with Crippen molar-refractivity contribution in [3.8, 4) is 5.75 Å². The lowest BCUT2D eigenvalue weighted by Crippen LogP contribution is -2.73. The average molecular weight is 615 g/mol. The summed E-state index contributed by atoms with van der Waals surface area (Å²) in [5.74, 6) is -1.28. The third-order valence-corrected chi connectivity index (χ3v) is 8.96. The Labute approximate surface area is 257 Å². The fraction of sp³-hybridized carbons (Fsp3) is 0.281. The fourth-order valence-corrected chi connectivity index (χ4v) is 6.86. The van der Waals surface area contributed by atoms with E-state index in [1.165, 1.54) is 39.4 Å². The van der Waals surface area contributed by atoms with Crippen LogP contribution in [0.1, 0.15) is 23.2 Å². The maximum atomic E-state index is 14.5. The molecule has 10 nitrogen and oxygen atoms in total. The van der Waals surface area contributed by atoms with Crippen LogP contribution in [0.3, 0.4) is 0 Å². The van der Waals surface area contributed by atoms with Gasteiger partial charge in [0, 0.05) is 25.1 Å². The largest absolute Gasteiger partial charge is 0.508 e. The first-order valence-corrected chi connectivity index (χ1v) is 15.2. The molecule has 1 unspecified atom stereocenters. The summed E-state index contributed by atoms with van der Waals surface area (Å²) in [6, 6.07) is 13.7. The first-order chi connectivity index (χ1) is 21.3. The fourth-order valence-electron chi connectivity index (χ4n) is 6.12. The van der Waals surface area contributed by atoms with Crippen LogP contribution >= 0.6 is 11.3 Å². The lowest BCUT2D eigenvalue weighted by atomic mass is 9.80.